The van der Waals surface area contributed by atoms with Crippen molar-refractivity contribution in [3.63, 3.8) is 0 Å². The van der Waals surface area contributed by atoms with Gasteiger partial charge in [-0.2, -0.15) is 0 Å². The summed E-state index contributed by atoms with van der Waals surface area (Å²) in [5, 5.41) is 28.3. The van der Waals surface area contributed by atoms with Gasteiger partial charge in [-0.1, -0.05) is 59.4 Å². The Bertz CT molecular complexity index is 1970. The van der Waals surface area contributed by atoms with Crippen molar-refractivity contribution in [1.82, 2.24) is 5.32 Å². The normalized spacial score (nSPS) is 35.1. The Labute approximate surface area is 370 Å². The lowest BCUT2D eigenvalue weighted by Crippen LogP contribution is -2.79. The smallest absolute Gasteiger partial charge is 0.407 e. The van der Waals surface area contributed by atoms with Crippen molar-refractivity contribution in [3.05, 3.63) is 59.7 Å². The first-order valence-corrected chi connectivity index (χ1v) is 22.1. The molecule has 15 heteroatoms. The number of ether oxygens (including phenoxy) is 7. The number of fused-ring (bicyclic) bond motifs is 4. The molecule has 5 aliphatic rings. The molecule has 4 aliphatic carbocycles. The van der Waals surface area contributed by atoms with Gasteiger partial charge in [0.1, 0.15) is 23.4 Å². The third kappa shape index (κ3) is 8.79. The minimum absolute atomic E-state index is 0.0738. The number of amides is 1. The first-order chi connectivity index (χ1) is 29.3. The molecule has 1 aromatic carbocycles. The fourth-order valence-electron chi connectivity index (χ4n) is 11.7. The van der Waals surface area contributed by atoms with Crippen LogP contribution in [0.2, 0.25) is 0 Å². The SMILES string of the molecule is C=CC1O[C@H]2C[C@H]3CC[C@@]3(OC(C)=O)[C@H]3[C@H](COC(=O)c4ccccc4)[C@]4(O)C[C@H](OC(=O)[C@H](O)[C@H](CC(C)C)NC(=O)OC(C)(C)C)C(C)=C([C@H](OC(C)=O)[C@H](O1)[C@]23C)C4(C)C. The highest BCUT2D eigenvalue weighted by Crippen LogP contribution is 2.71. The van der Waals surface area contributed by atoms with Gasteiger partial charge in [0.2, 0.25) is 0 Å². The molecule has 0 aromatic heterocycles. The Balaban J connectivity index is 1.55. The summed E-state index contributed by atoms with van der Waals surface area (Å²) in [5.74, 6) is -5.17. The zero-order valence-corrected chi connectivity index (χ0v) is 38.6. The summed E-state index contributed by atoms with van der Waals surface area (Å²) in [4.78, 5) is 67.7. The Kier molecular flexibility index (Phi) is 13.4. The van der Waals surface area contributed by atoms with Crippen LogP contribution in [-0.4, -0.2) is 106 Å². The lowest BCUT2D eigenvalue weighted by atomic mass is 9.38. The van der Waals surface area contributed by atoms with Crippen molar-refractivity contribution < 1.29 is 67.3 Å². The number of esters is 4. The van der Waals surface area contributed by atoms with E-state index in [1.54, 1.807) is 71.9 Å². The Morgan fingerprint density at radius 1 is 1.02 bits per heavy atom. The maximum Gasteiger partial charge on any atom is 0.407 e. The van der Waals surface area contributed by atoms with Crippen LogP contribution in [0.4, 0.5) is 4.79 Å². The number of hydrogen-bond donors (Lipinski definition) is 3. The standard InChI is InChI=1S/C48H67NO14/c1-13-35-60-34-22-30-19-20-47(30,62-28(6)51)39-31(24-57-41(53)29-17-15-14-16-18-29)48(56)23-33(59-42(54)37(52)32(21-25(2)3)49-43(55)63-44(7,8)9)26(4)36(45(48,10)11)38(58-27(5)50)40(61-35)46(34,39)12/h13-18,25,30-35,37-40,52,56H,1,19-24H2,2-12H3,(H,49,55)/t30-,31+,32+,33+,34+,35?,37-,38+,39+,40+,46-,47+,48-/m1/s1. The third-order valence-electron chi connectivity index (χ3n) is 14.4. The van der Waals surface area contributed by atoms with Crippen molar-refractivity contribution >= 4 is 30.0 Å². The predicted molar refractivity (Wildman–Crippen MR) is 227 cm³/mol. The molecule has 6 rings (SSSR count). The van der Waals surface area contributed by atoms with E-state index in [9.17, 15) is 34.2 Å². The molecule has 3 saturated carbocycles. The highest BCUT2D eigenvalue weighted by molar-refractivity contribution is 5.89. The van der Waals surface area contributed by atoms with E-state index in [0.717, 1.165) is 0 Å². The summed E-state index contributed by atoms with van der Waals surface area (Å²) < 4.78 is 44.2. The topological polar surface area (TPSA) is 202 Å². The first kappa shape index (κ1) is 48.2. The number of alkyl carbamates (subject to hydrolysis) is 1. The molecule has 348 valence electrons. The molecule has 0 radical (unpaired) electrons. The van der Waals surface area contributed by atoms with Gasteiger partial charge in [-0.25, -0.2) is 14.4 Å². The van der Waals surface area contributed by atoms with E-state index in [-0.39, 0.29) is 36.8 Å². The molecular weight excluding hydrogens is 815 g/mol. The minimum Gasteiger partial charge on any atom is -0.462 e. The molecule has 2 bridgehead atoms. The maximum atomic E-state index is 14.3. The number of hydrogen-bond acceptors (Lipinski definition) is 14. The van der Waals surface area contributed by atoms with E-state index in [1.807, 2.05) is 20.8 Å². The van der Waals surface area contributed by atoms with Crippen LogP contribution in [-0.2, 0) is 47.5 Å². The van der Waals surface area contributed by atoms with Crippen LogP contribution in [0.3, 0.4) is 0 Å². The number of aliphatic hydroxyl groups excluding tert-OH is 1. The fraction of sp³-hybridized carbons (Fsp3) is 0.688. The minimum atomic E-state index is -1.98. The number of carbonyl (C=O) groups is 5. The van der Waals surface area contributed by atoms with Gasteiger partial charge in [-0.05, 0) is 88.7 Å². The molecule has 1 amide bonds. The summed E-state index contributed by atoms with van der Waals surface area (Å²) in [5.41, 5.74) is -5.48. The molecule has 13 atom stereocenters. The molecule has 4 fully saturated rings. The van der Waals surface area contributed by atoms with Gasteiger partial charge in [0.15, 0.2) is 18.5 Å². The average molecular weight is 882 g/mol. The Morgan fingerprint density at radius 3 is 2.24 bits per heavy atom. The van der Waals surface area contributed by atoms with E-state index in [1.165, 1.54) is 19.9 Å². The van der Waals surface area contributed by atoms with E-state index in [4.69, 9.17) is 33.2 Å². The van der Waals surface area contributed by atoms with Crippen LogP contribution in [0.25, 0.3) is 0 Å². The van der Waals surface area contributed by atoms with Crippen LogP contribution in [0, 0.1) is 34.5 Å². The molecular formula is C48H67NO14. The molecule has 3 N–H and O–H groups in total. The average Bonchev–Trinajstić information content (AvgIpc) is 3.17. The summed E-state index contributed by atoms with van der Waals surface area (Å²) in [7, 11) is 0. The quantitative estimate of drug-likeness (QED) is 0.123. The van der Waals surface area contributed by atoms with E-state index in [0.29, 0.717) is 30.4 Å². The molecule has 1 aliphatic heterocycles. The highest BCUT2D eigenvalue weighted by atomic mass is 16.7. The molecule has 0 spiro atoms. The second kappa shape index (κ2) is 17.6. The zero-order valence-electron chi connectivity index (χ0n) is 38.6. The zero-order chi connectivity index (χ0) is 46.6. The van der Waals surface area contributed by atoms with Crippen LogP contribution in [0.5, 0.6) is 0 Å². The fourth-order valence-corrected chi connectivity index (χ4v) is 11.7. The molecule has 63 heavy (non-hydrogen) atoms. The number of benzene rings is 1. The van der Waals surface area contributed by atoms with E-state index in [2.05, 4.69) is 11.9 Å². The highest BCUT2D eigenvalue weighted by Gasteiger charge is 2.77. The van der Waals surface area contributed by atoms with Crippen LogP contribution < -0.4 is 5.32 Å². The predicted octanol–water partition coefficient (Wildman–Crippen LogP) is 6.13. The monoisotopic (exact) mass is 881 g/mol. The Hall–Kier alpha value is -4.31. The number of aliphatic hydroxyl groups is 2. The van der Waals surface area contributed by atoms with Crippen molar-refractivity contribution in [1.29, 1.82) is 0 Å². The van der Waals surface area contributed by atoms with Crippen molar-refractivity contribution in [3.8, 4) is 0 Å². The lowest BCUT2D eigenvalue weighted by molar-refractivity contribution is -0.377. The lowest BCUT2D eigenvalue weighted by Gasteiger charge is -2.72. The van der Waals surface area contributed by atoms with Crippen molar-refractivity contribution in [2.45, 2.75) is 168 Å². The van der Waals surface area contributed by atoms with Gasteiger partial charge >= 0.3 is 30.0 Å². The first-order valence-electron chi connectivity index (χ1n) is 22.1. The summed E-state index contributed by atoms with van der Waals surface area (Å²) >= 11 is 0. The third-order valence-corrected chi connectivity index (χ3v) is 14.4. The van der Waals surface area contributed by atoms with Gasteiger partial charge in [-0.3, -0.25) is 9.59 Å². The number of rotatable bonds is 12. The summed E-state index contributed by atoms with van der Waals surface area (Å²) in [6.45, 7) is 22.3. The maximum absolute atomic E-state index is 14.3. The summed E-state index contributed by atoms with van der Waals surface area (Å²) in [6, 6.07) is 7.31. The van der Waals surface area contributed by atoms with Crippen molar-refractivity contribution in [2.75, 3.05) is 6.61 Å². The summed E-state index contributed by atoms with van der Waals surface area (Å²) in [6.07, 6.45) is -4.80. The van der Waals surface area contributed by atoms with E-state index < -0.39 is 112 Å². The van der Waals surface area contributed by atoms with Crippen LogP contribution in [0.15, 0.2) is 54.1 Å². The van der Waals surface area contributed by atoms with Crippen molar-refractivity contribution in [2.24, 2.45) is 34.5 Å². The molecule has 15 nitrogen and oxygen atoms in total. The number of carbonyl (C=O) groups excluding carboxylic acids is 5. The van der Waals surface area contributed by atoms with Gasteiger partial charge in [-0.15, -0.1) is 0 Å². The number of nitrogens with one attached hydrogen (secondary N) is 1. The van der Waals surface area contributed by atoms with Gasteiger partial charge in [0, 0.05) is 48.9 Å². The Morgan fingerprint density at radius 2 is 1.68 bits per heavy atom. The van der Waals surface area contributed by atoms with Crippen LogP contribution >= 0.6 is 0 Å². The van der Waals surface area contributed by atoms with Crippen LogP contribution in [0.1, 0.15) is 119 Å². The van der Waals surface area contributed by atoms with Gasteiger partial charge in [0.05, 0.1) is 29.9 Å². The molecule has 1 heterocycles. The molecule has 1 aromatic rings. The van der Waals surface area contributed by atoms with Gasteiger partial charge < -0.3 is 48.7 Å². The molecule has 1 unspecified atom stereocenters. The largest absolute Gasteiger partial charge is 0.462 e. The second-order valence-corrected chi connectivity index (χ2v) is 20.4. The molecule has 1 saturated heterocycles. The van der Waals surface area contributed by atoms with Gasteiger partial charge in [0.25, 0.3) is 0 Å². The second-order valence-electron chi connectivity index (χ2n) is 20.4. The van der Waals surface area contributed by atoms with E-state index >= 15 is 0 Å².